The van der Waals surface area contributed by atoms with Gasteiger partial charge in [0.1, 0.15) is 5.76 Å². The first-order valence-corrected chi connectivity index (χ1v) is 7.21. The average Bonchev–Trinajstić information content (AvgIpc) is 2.85. The van der Waals surface area contributed by atoms with Crippen LogP contribution < -0.4 is 5.32 Å². The lowest BCUT2D eigenvalue weighted by molar-refractivity contribution is -0.121. The number of nitrogens with zero attached hydrogens (tertiary/aromatic N) is 2. The Morgan fingerprint density at radius 3 is 2.76 bits per heavy atom. The summed E-state index contributed by atoms with van der Waals surface area (Å²) >= 11 is 0. The van der Waals surface area contributed by atoms with Crippen LogP contribution >= 0.6 is 0 Å². The summed E-state index contributed by atoms with van der Waals surface area (Å²) in [6, 6.07) is 1.85. The van der Waals surface area contributed by atoms with Gasteiger partial charge < -0.3 is 19.5 Å². The number of rotatable bonds is 4. The molecule has 1 aliphatic heterocycles. The van der Waals surface area contributed by atoms with E-state index in [0.717, 1.165) is 12.8 Å². The van der Waals surface area contributed by atoms with Gasteiger partial charge in [-0.05, 0) is 26.7 Å². The predicted molar refractivity (Wildman–Crippen MR) is 74.7 cm³/mol. The molecule has 1 N–H and O–H groups in total. The van der Waals surface area contributed by atoms with E-state index in [9.17, 15) is 9.59 Å². The molecular weight excluding hydrogens is 274 g/mol. The zero-order valence-electron chi connectivity index (χ0n) is 12.4. The first-order valence-electron chi connectivity index (χ1n) is 7.21. The van der Waals surface area contributed by atoms with E-state index in [1.165, 1.54) is 0 Å². The molecule has 2 rings (SSSR count). The maximum Gasteiger partial charge on any atom is 0.409 e. The third kappa shape index (κ3) is 4.47. The number of nitrogens with one attached hydrogen (secondary N) is 1. The van der Waals surface area contributed by atoms with E-state index < -0.39 is 0 Å². The smallest absolute Gasteiger partial charge is 0.409 e. The van der Waals surface area contributed by atoms with Crippen molar-refractivity contribution in [3.05, 3.63) is 17.5 Å². The number of ether oxygens (including phenoxy) is 1. The topological polar surface area (TPSA) is 84.7 Å². The average molecular weight is 295 g/mol. The van der Waals surface area contributed by atoms with Gasteiger partial charge in [0, 0.05) is 25.2 Å². The van der Waals surface area contributed by atoms with Gasteiger partial charge in [0.25, 0.3) is 0 Å². The number of amides is 2. The van der Waals surface area contributed by atoms with E-state index in [-0.39, 0.29) is 24.5 Å². The van der Waals surface area contributed by atoms with E-state index in [4.69, 9.17) is 9.26 Å². The highest BCUT2D eigenvalue weighted by Crippen LogP contribution is 2.12. The summed E-state index contributed by atoms with van der Waals surface area (Å²) in [7, 11) is 0. The van der Waals surface area contributed by atoms with Gasteiger partial charge in [-0.2, -0.15) is 0 Å². The molecule has 2 heterocycles. The van der Waals surface area contributed by atoms with Gasteiger partial charge in [-0.15, -0.1) is 0 Å². The Hall–Kier alpha value is -2.05. The van der Waals surface area contributed by atoms with Crippen molar-refractivity contribution in [1.29, 1.82) is 0 Å². The van der Waals surface area contributed by atoms with Gasteiger partial charge >= 0.3 is 6.09 Å². The van der Waals surface area contributed by atoms with Crippen LogP contribution in [-0.4, -0.2) is 47.8 Å². The third-order valence-corrected chi connectivity index (χ3v) is 3.40. The fourth-order valence-corrected chi connectivity index (χ4v) is 2.37. The number of hydrogen-bond donors (Lipinski definition) is 1. The molecule has 1 aliphatic rings. The fraction of sp³-hybridized carbons (Fsp3) is 0.643. The van der Waals surface area contributed by atoms with Crippen molar-refractivity contribution in [2.75, 3.05) is 19.7 Å². The molecule has 1 aromatic rings. The quantitative estimate of drug-likeness (QED) is 0.904. The molecule has 21 heavy (non-hydrogen) atoms. The minimum Gasteiger partial charge on any atom is -0.450 e. The number of aryl methyl sites for hydroxylation is 1. The van der Waals surface area contributed by atoms with Gasteiger partial charge in [-0.3, -0.25) is 4.79 Å². The molecule has 0 atom stereocenters. The summed E-state index contributed by atoms with van der Waals surface area (Å²) in [4.78, 5) is 25.2. The largest absolute Gasteiger partial charge is 0.450 e. The van der Waals surface area contributed by atoms with Crippen LogP contribution in [0.25, 0.3) is 0 Å². The van der Waals surface area contributed by atoms with Crippen molar-refractivity contribution in [3.63, 3.8) is 0 Å². The Kier molecular flexibility index (Phi) is 5.19. The molecule has 0 saturated carbocycles. The highest BCUT2D eigenvalue weighted by Gasteiger charge is 2.24. The Morgan fingerprint density at radius 2 is 2.19 bits per heavy atom. The lowest BCUT2D eigenvalue weighted by atomic mass is 10.1. The number of carbonyl (C=O) groups excluding carboxylic acids is 2. The van der Waals surface area contributed by atoms with Crippen LogP contribution in [0.5, 0.6) is 0 Å². The molecule has 1 aromatic heterocycles. The maximum atomic E-state index is 11.9. The van der Waals surface area contributed by atoms with Gasteiger partial charge in [-0.1, -0.05) is 5.16 Å². The van der Waals surface area contributed by atoms with Crippen LogP contribution in [0.1, 0.15) is 31.2 Å². The third-order valence-electron chi connectivity index (χ3n) is 3.40. The van der Waals surface area contributed by atoms with Crippen molar-refractivity contribution < 1.29 is 18.8 Å². The van der Waals surface area contributed by atoms with Crippen molar-refractivity contribution in [2.24, 2.45) is 0 Å². The highest BCUT2D eigenvalue weighted by molar-refractivity contribution is 5.78. The molecule has 0 unspecified atom stereocenters. The molecule has 7 nitrogen and oxygen atoms in total. The number of hydrogen-bond acceptors (Lipinski definition) is 5. The van der Waals surface area contributed by atoms with Gasteiger partial charge in [0.2, 0.25) is 5.91 Å². The first kappa shape index (κ1) is 15.3. The number of carbonyl (C=O) groups is 2. The molecular formula is C14H21N3O4. The summed E-state index contributed by atoms with van der Waals surface area (Å²) in [5.74, 6) is 0.624. The standard InChI is InChI=1S/C14H21N3O4/c1-3-20-14(19)17-6-4-11(5-7-17)15-13(18)9-12-8-10(2)21-16-12/h8,11H,3-7,9H2,1-2H3,(H,15,18). The molecule has 0 aliphatic carbocycles. The molecule has 2 amide bonds. The predicted octanol–water partition coefficient (Wildman–Crippen LogP) is 1.26. The number of likely N-dealkylation sites (tertiary alicyclic amines) is 1. The molecule has 7 heteroatoms. The second-order valence-corrected chi connectivity index (χ2v) is 5.13. The zero-order chi connectivity index (χ0) is 15.2. The van der Waals surface area contributed by atoms with Crippen molar-refractivity contribution in [3.8, 4) is 0 Å². The van der Waals surface area contributed by atoms with Crippen LogP contribution in [0.3, 0.4) is 0 Å². The Balaban J connectivity index is 1.73. The Morgan fingerprint density at radius 1 is 1.48 bits per heavy atom. The number of aromatic nitrogens is 1. The van der Waals surface area contributed by atoms with E-state index in [1.807, 2.05) is 0 Å². The van der Waals surface area contributed by atoms with Crippen LogP contribution in [-0.2, 0) is 16.0 Å². The zero-order valence-corrected chi connectivity index (χ0v) is 12.4. The first-order chi connectivity index (χ1) is 10.1. The Labute approximate surface area is 123 Å². The normalized spacial score (nSPS) is 15.8. The monoisotopic (exact) mass is 295 g/mol. The fourth-order valence-electron chi connectivity index (χ4n) is 2.37. The summed E-state index contributed by atoms with van der Waals surface area (Å²) in [6.45, 7) is 5.17. The molecule has 0 aromatic carbocycles. The SMILES string of the molecule is CCOC(=O)N1CCC(NC(=O)Cc2cc(C)on2)CC1. The summed E-state index contributed by atoms with van der Waals surface area (Å²) in [6.07, 6.45) is 1.42. The number of piperidine rings is 1. The molecule has 0 bridgehead atoms. The van der Waals surface area contributed by atoms with Crippen molar-refractivity contribution >= 4 is 12.0 Å². The molecule has 1 saturated heterocycles. The summed E-state index contributed by atoms with van der Waals surface area (Å²) < 4.78 is 9.89. The highest BCUT2D eigenvalue weighted by atomic mass is 16.6. The van der Waals surface area contributed by atoms with Gasteiger partial charge in [-0.25, -0.2) is 4.79 Å². The van der Waals surface area contributed by atoms with Crippen molar-refractivity contribution in [2.45, 2.75) is 39.2 Å². The van der Waals surface area contributed by atoms with Crippen LogP contribution in [0.2, 0.25) is 0 Å². The maximum absolute atomic E-state index is 11.9. The van der Waals surface area contributed by atoms with Crippen LogP contribution in [0.4, 0.5) is 4.79 Å². The lowest BCUT2D eigenvalue weighted by Crippen LogP contribution is -2.47. The molecule has 0 spiro atoms. The van der Waals surface area contributed by atoms with Crippen LogP contribution in [0.15, 0.2) is 10.6 Å². The minimum absolute atomic E-state index is 0.0714. The van der Waals surface area contributed by atoms with E-state index in [0.29, 0.717) is 31.2 Å². The summed E-state index contributed by atoms with van der Waals surface area (Å²) in [5, 5.41) is 6.77. The second kappa shape index (κ2) is 7.10. The lowest BCUT2D eigenvalue weighted by Gasteiger charge is -2.31. The molecule has 0 radical (unpaired) electrons. The van der Waals surface area contributed by atoms with E-state index >= 15 is 0 Å². The molecule has 116 valence electrons. The van der Waals surface area contributed by atoms with Gasteiger partial charge in [0.05, 0.1) is 18.7 Å². The van der Waals surface area contributed by atoms with Crippen LogP contribution in [0, 0.1) is 6.92 Å². The summed E-state index contributed by atoms with van der Waals surface area (Å²) in [5.41, 5.74) is 0.633. The molecule has 1 fully saturated rings. The van der Waals surface area contributed by atoms with Gasteiger partial charge in [0.15, 0.2) is 0 Å². The van der Waals surface area contributed by atoms with E-state index in [1.54, 1.807) is 24.8 Å². The second-order valence-electron chi connectivity index (χ2n) is 5.13. The van der Waals surface area contributed by atoms with E-state index in [2.05, 4.69) is 10.5 Å². The van der Waals surface area contributed by atoms with Crippen molar-refractivity contribution in [1.82, 2.24) is 15.4 Å². The Bertz CT molecular complexity index is 492. The minimum atomic E-state index is -0.277.